The van der Waals surface area contributed by atoms with Crippen molar-refractivity contribution in [2.45, 2.75) is 6.92 Å². The standard InChI is InChI=1S/C16H15N3/c1-3-8-16(15-10-5-7-12-18-15)19-13(2)14-9-4-6-11-17-14/h3-12H,2H2,1H3/b8-3-,19-16+. The van der Waals surface area contributed by atoms with E-state index in [0.717, 1.165) is 17.1 Å². The second kappa shape index (κ2) is 6.40. The second-order valence-electron chi connectivity index (χ2n) is 3.87. The quantitative estimate of drug-likeness (QED) is 0.778. The molecule has 0 spiro atoms. The summed E-state index contributed by atoms with van der Waals surface area (Å²) < 4.78 is 0. The Hall–Kier alpha value is -2.55. The summed E-state index contributed by atoms with van der Waals surface area (Å²) in [6, 6.07) is 11.4. The Morgan fingerprint density at radius 1 is 1.05 bits per heavy atom. The highest BCUT2D eigenvalue weighted by Crippen LogP contribution is 2.12. The van der Waals surface area contributed by atoms with Crippen molar-refractivity contribution in [3.05, 3.63) is 78.9 Å². The predicted octanol–water partition coefficient (Wildman–Crippen LogP) is 3.51. The maximum atomic E-state index is 4.52. The van der Waals surface area contributed by atoms with Gasteiger partial charge in [0.1, 0.15) is 0 Å². The van der Waals surface area contributed by atoms with Crippen LogP contribution in [0.25, 0.3) is 5.70 Å². The maximum absolute atomic E-state index is 4.52. The summed E-state index contributed by atoms with van der Waals surface area (Å²) in [4.78, 5) is 13.1. The molecule has 19 heavy (non-hydrogen) atoms. The molecule has 0 aliphatic heterocycles. The van der Waals surface area contributed by atoms with Gasteiger partial charge in [-0.15, -0.1) is 0 Å². The Morgan fingerprint density at radius 3 is 2.21 bits per heavy atom. The molecule has 2 heterocycles. The fourth-order valence-corrected chi connectivity index (χ4v) is 1.59. The molecule has 0 aliphatic rings. The molecule has 3 nitrogen and oxygen atoms in total. The molecule has 2 aromatic rings. The van der Waals surface area contributed by atoms with Crippen molar-refractivity contribution in [1.82, 2.24) is 9.97 Å². The second-order valence-corrected chi connectivity index (χ2v) is 3.87. The fourth-order valence-electron chi connectivity index (χ4n) is 1.59. The lowest BCUT2D eigenvalue weighted by Crippen LogP contribution is -2.00. The molecule has 0 saturated carbocycles. The van der Waals surface area contributed by atoms with E-state index in [9.17, 15) is 0 Å². The van der Waals surface area contributed by atoms with E-state index in [2.05, 4.69) is 21.5 Å². The molecule has 0 unspecified atom stereocenters. The van der Waals surface area contributed by atoms with Crippen LogP contribution in [-0.2, 0) is 0 Å². The first-order chi connectivity index (χ1) is 9.31. The summed E-state index contributed by atoms with van der Waals surface area (Å²) in [5.41, 5.74) is 2.98. The number of aliphatic imine (C=N–C) groups is 1. The predicted molar refractivity (Wildman–Crippen MR) is 78.9 cm³/mol. The molecule has 0 fully saturated rings. The van der Waals surface area contributed by atoms with Crippen LogP contribution in [0.3, 0.4) is 0 Å². The number of pyridine rings is 2. The molecule has 0 bridgehead atoms. The van der Waals surface area contributed by atoms with Crippen LogP contribution in [0, 0.1) is 0 Å². The molecule has 2 aromatic heterocycles. The van der Waals surface area contributed by atoms with Crippen molar-refractivity contribution in [1.29, 1.82) is 0 Å². The maximum Gasteiger partial charge on any atom is 0.0890 e. The van der Waals surface area contributed by atoms with Crippen LogP contribution >= 0.6 is 0 Å². The molecule has 3 heteroatoms. The zero-order valence-corrected chi connectivity index (χ0v) is 10.8. The zero-order chi connectivity index (χ0) is 13.5. The van der Waals surface area contributed by atoms with Gasteiger partial charge in [-0.3, -0.25) is 9.97 Å². The Balaban J connectivity index is 2.35. The summed E-state index contributed by atoms with van der Waals surface area (Å²) in [5, 5.41) is 0. The lowest BCUT2D eigenvalue weighted by atomic mass is 10.2. The number of hydrogen-bond donors (Lipinski definition) is 0. The third-order valence-electron chi connectivity index (χ3n) is 2.47. The fraction of sp³-hybridized carbons (Fsp3) is 0.0625. The number of rotatable bonds is 4. The summed E-state index contributed by atoms with van der Waals surface area (Å²) in [7, 11) is 0. The molecule has 2 rings (SSSR count). The molecule has 0 saturated heterocycles. The van der Waals surface area contributed by atoms with Crippen molar-refractivity contribution in [2.75, 3.05) is 0 Å². The summed E-state index contributed by atoms with van der Waals surface area (Å²) >= 11 is 0. The average Bonchev–Trinajstić information content (AvgIpc) is 2.48. The minimum Gasteiger partial charge on any atom is -0.255 e. The largest absolute Gasteiger partial charge is 0.255 e. The Kier molecular flexibility index (Phi) is 4.34. The Labute approximate surface area is 113 Å². The Morgan fingerprint density at radius 2 is 1.68 bits per heavy atom. The van der Waals surface area contributed by atoms with Crippen LogP contribution in [0.1, 0.15) is 18.3 Å². The van der Waals surface area contributed by atoms with Gasteiger partial charge in [0.05, 0.1) is 22.8 Å². The van der Waals surface area contributed by atoms with E-state index >= 15 is 0 Å². The van der Waals surface area contributed by atoms with Crippen molar-refractivity contribution in [3.8, 4) is 0 Å². The Bertz CT molecular complexity index is 598. The third-order valence-corrected chi connectivity index (χ3v) is 2.47. The first-order valence-electron chi connectivity index (χ1n) is 6.04. The van der Waals surface area contributed by atoms with Gasteiger partial charge in [0.25, 0.3) is 0 Å². The summed E-state index contributed by atoms with van der Waals surface area (Å²) in [6.07, 6.45) is 7.32. The number of aromatic nitrogens is 2. The lowest BCUT2D eigenvalue weighted by Gasteiger charge is -2.03. The van der Waals surface area contributed by atoms with E-state index in [-0.39, 0.29) is 0 Å². The van der Waals surface area contributed by atoms with Crippen molar-refractivity contribution in [2.24, 2.45) is 4.99 Å². The minimum atomic E-state index is 0.624. The highest BCUT2D eigenvalue weighted by molar-refractivity contribution is 6.09. The van der Waals surface area contributed by atoms with Gasteiger partial charge < -0.3 is 0 Å². The van der Waals surface area contributed by atoms with Gasteiger partial charge in [-0.1, -0.05) is 24.8 Å². The number of hydrogen-bond acceptors (Lipinski definition) is 3. The highest BCUT2D eigenvalue weighted by atomic mass is 14.8. The van der Waals surface area contributed by atoms with Crippen LogP contribution < -0.4 is 0 Å². The zero-order valence-electron chi connectivity index (χ0n) is 10.8. The lowest BCUT2D eigenvalue weighted by molar-refractivity contribution is 1.25. The average molecular weight is 249 g/mol. The molecule has 0 aromatic carbocycles. The van der Waals surface area contributed by atoms with Gasteiger partial charge in [-0.25, -0.2) is 4.99 Å². The van der Waals surface area contributed by atoms with Crippen LogP contribution in [0.15, 0.2) is 72.5 Å². The van der Waals surface area contributed by atoms with Gasteiger partial charge in [-0.05, 0) is 37.3 Å². The van der Waals surface area contributed by atoms with E-state index in [0.29, 0.717) is 5.70 Å². The van der Waals surface area contributed by atoms with Gasteiger partial charge in [0, 0.05) is 12.4 Å². The van der Waals surface area contributed by atoms with E-state index in [4.69, 9.17) is 0 Å². The molecular formula is C16H15N3. The normalized spacial score (nSPS) is 11.7. The van der Waals surface area contributed by atoms with Crippen molar-refractivity contribution in [3.63, 3.8) is 0 Å². The first-order valence-corrected chi connectivity index (χ1v) is 6.04. The number of nitrogens with zero attached hydrogens (tertiary/aromatic N) is 3. The smallest absolute Gasteiger partial charge is 0.0890 e. The molecule has 0 N–H and O–H groups in total. The van der Waals surface area contributed by atoms with Crippen LogP contribution in [0.4, 0.5) is 0 Å². The minimum absolute atomic E-state index is 0.624. The van der Waals surface area contributed by atoms with Gasteiger partial charge in [0.15, 0.2) is 0 Å². The van der Waals surface area contributed by atoms with Crippen LogP contribution in [0.2, 0.25) is 0 Å². The van der Waals surface area contributed by atoms with Gasteiger partial charge in [0.2, 0.25) is 0 Å². The molecular weight excluding hydrogens is 234 g/mol. The van der Waals surface area contributed by atoms with Crippen LogP contribution in [0.5, 0.6) is 0 Å². The van der Waals surface area contributed by atoms with E-state index in [1.165, 1.54) is 0 Å². The van der Waals surface area contributed by atoms with E-state index < -0.39 is 0 Å². The molecule has 94 valence electrons. The highest BCUT2D eigenvalue weighted by Gasteiger charge is 2.03. The first kappa shape index (κ1) is 12.9. The summed E-state index contributed by atoms with van der Waals surface area (Å²) in [5.74, 6) is 0. The number of allylic oxidation sites excluding steroid dienone is 2. The molecule has 0 radical (unpaired) electrons. The monoisotopic (exact) mass is 249 g/mol. The molecule has 0 atom stereocenters. The van der Waals surface area contributed by atoms with E-state index in [1.807, 2.05) is 55.5 Å². The van der Waals surface area contributed by atoms with Crippen LogP contribution in [-0.4, -0.2) is 15.7 Å². The summed E-state index contributed by atoms with van der Waals surface area (Å²) in [6.45, 7) is 5.91. The topological polar surface area (TPSA) is 38.1 Å². The SMILES string of the molecule is C=C(/N=C(\C=C/C)c1ccccn1)c1ccccn1. The van der Waals surface area contributed by atoms with E-state index in [1.54, 1.807) is 12.4 Å². The van der Waals surface area contributed by atoms with Crippen molar-refractivity contribution >= 4 is 11.4 Å². The third kappa shape index (κ3) is 3.45. The molecule has 0 amide bonds. The molecule has 0 aliphatic carbocycles. The van der Waals surface area contributed by atoms with Gasteiger partial charge >= 0.3 is 0 Å². The van der Waals surface area contributed by atoms with Crippen molar-refractivity contribution < 1.29 is 0 Å². The van der Waals surface area contributed by atoms with Gasteiger partial charge in [-0.2, -0.15) is 0 Å².